The molecule has 1 aromatic rings. The summed E-state index contributed by atoms with van der Waals surface area (Å²) in [5.41, 5.74) is -0.720. The van der Waals surface area contributed by atoms with Crippen molar-refractivity contribution in [2.75, 3.05) is 59.7 Å². The maximum atomic E-state index is 12.8. The van der Waals surface area contributed by atoms with Gasteiger partial charge in [-0.2, -0.15) is 13.2 Å². The second-order valence-electron chi connectivity index (χ2n) is 6.78. The van der Waals surface area contributed by atoms with Gasteiger partial charge in [-0.3, -0.25) is 0 Å². The van der Waals surface area contributed by atoms with Crippen LogP contribution in [0.5, 0.6) is 5.75 Å². The molecule has 2 rings (SSSR count). The van der Waals surface area contributed by atoms with Gasteiger partial charge in [0.25, 0.3) is 0 Å². The molecule has 30 heavy (non-hydrogen) atoms. The molecule has 1 fully saturated rings. The maximum Gasteiger partial charge on any atom is 0.416 e. The van der Waals surface area contributed by atoms with Crippen molar-refractivity contribution in [2.45, 2.75) is 19.5 Å². The van der Waals surface area contributed by atoms with Crippen molar-refractivity contribution in [3.8, 4) is 5.75 Å². The van der Waals surface area contributed by atoms with Crippen LogP contribution in [0.1, 0.15) is 18.9 Å². The van der Waals surface area contributed by atoms with Crippen molar-refractivity contribution < 1.29 is 27.4 Å². The third-order valence-electron chi connectivity index (χ3n) is 4.49. The minimum atomic E-state index is -4.38. The molecule has 1 heterocycles. The number of likely N-dealkylation sites (tertiary alicyclic amines) is 1. The fourth-order valence-corrected chi connectivity index (χ4v) is 3.06. The Labute approximate surface area is 193 Å². The van der Waals surface area contributed by atoms with E-state index in [0.29, 0.717) is 32.3 Å². The predicted octanol–water partition coefficient (Wildman–Crippen LogP) is 3.65. The lowest BCUT2D eigenvalue weighted by molar-refractivity contribution is -0.137. The van der Waals surface area contributed by atoms with E-state index >= 15 is 0 Å². The summed E-state index contributed by atoms with van der Waals surface area (Å²) in [5.74, 6) is 1.42. The van der Waals surface area contributed by atoms with Crippen LogP contribution in [0.25, 0.3) is 0 Å². The van der Waals surface area contributed by atoms with Crippen molar-refractivity contribution in [1.29, 1.82) is 0 Å². The average molecular weight is 545 g/mol. The number of benzene rings is 1. The van der Waals surface area contributed by atoms with E-state index in [9.17, 15) is 13.2 Å². The summed E-state index contributed by atoms with van der Waals surface area (Å²) in [6.45, 7) is 6.90. The van der Waals surface area contributed by atoms with E-state index in [1.165, 1.54) is 12.1 Å². The highest BCUT2D eigenvalue weighted by molar-refractivity contribution is 14.0. The van der Waals surface area contributed by atoms with Gasteiger partial charge >= 0.3 is 6.18 Å². The fraction of sp³-hybridized carbons (Fsp3) is 0.650. The molecule has 0 radical (unpaired) electrons. The van der Waals surface area contributed by atoms with E-state index in [0.717, 1.165) is 44.1 Å². The summed E-state index contributed by atoms with van der Waals surface area (Å²) >= 11 is 0. The molecule has 6 nitrogen and oxygen atoms in total. The van der Waals surface area contributed by atoms with E-state index in [1.54, 1.807) is 7.11 Å². The molecule has 172 valence electrons. The first-order valence-corrected chi connectivity index (χ1v) is 9.84. The molecule has 0 aromatic heterocycles. The zero-order valence-electron chi connectivity index (χ0n) is 17.4. The second kappa shape index (κ2) is 13.9. The molecule has 1 unspecified atom stereocenters. The van der Waals surface area contributed by atoms with Gasteiger partial charge in [0, 0.05) is 32.7 Å². The normalized spacial score (nSPS) is 17.0. The summed E-state index contributed by atoms with van der Waals surface area (Å²) < 4.78 is 54.3. The Kier molecular flexibility index (Phi) is 12.4. The van der Waals surface area contributed by atoms with Gasteiger partial charge in [-0.1, -0.05) is 6.07 Å². The van der Waals surface area contributed by atoms with Crippen molar-refractivity contribution in [1.82, 2.24) is 10.2 Å². The topological polar surface area (TPSA) is 55.3 Å². The van der Waals surface area contributed by atoms with Crippen LogP contribution in [0.3, 0.4) is 0 Å². The van der Waals surface area contributed by atoms with Crippen LogP contribution in [-0.4, -0.2) is 70.6 Å². The van der Waals surface area contributed by atoms with Crippen LogP contribution in [0, 0.1) is 5.92 Å². The molecular formula is C20H31F3IN3O3. The molecule has 0 saturated carbocycles. The SMILES string of the molecule is CCNC(=NCCOc1cccc(C(F)(F)F)c1)N1CCC(COCCOC)C1.I. The van der Waals surface area contributed by atoms with E-state index in [-0.39, 0.29) is 36.3 Å². The first-order chi connectivity index (χ1) is 13.9. The number of aliphatic imine (C=N–C) groups is 1. The number of methoxy groups -OCH3 is 1. The standard InChI is InChI=1S/C20H30F3N3O3.HI/c1-3-24-19(26-9-7-16(14-26)15-28-12-11-27-2)25-8-10-29-18-6-4-5-17(13-18)20(21,22)23;/h4-6,13,16H,3,7-12,14-15H2,1-2H3,(H,24,25);1H. The zero-order chi connectivity index (χ0) is 21.1. The van der Waals surface area contributed by atoms with E-state index in [4.69, 9.17) is 14.2 Å². The van der Waals surface area contributed by atoms with Crippen LogP contribution in [0.4, 0.5) is 13.2 Å². The number of nitrogens with one attached hydrogen (secondary N) is 1. The van der Waals surface area contributed by atoms with Gasteiger partial charge < -0.3 is 24.4 Å². The van der Waals surface area contributed by atoms with Gasteiger partial charge in [0.1, 0.15) is 12.4 Å². The second-order valence-corrected chi connectivity index (χ2v) is 6.78. The summed E-state index contributed by atoms with van der Waals surface area (Å²) in [6, 6.07) is 4.88. The highest BCUT2D eigenvalue weighted by Crippen LogP contribution is 2.31. The van der Waals surface area contributed by atoms with Gasteiger partial charge in [0.05, 0.1) is 31.9 Å². The fourth-order valence-electron chi connectivity index (χ4n) is 3.06. The van der Waals surface area contributed by atoms with Crippen LogP contribution in [0.2, 0.25) is 0 Å². The largest absolute Gasteiger partial charge is 0.492 e. The number of hydrogen-bond donors (Lipinski definition) is 1. The van der Waals surface area contributed by atoms with Gasteiger partial charge in [0.2, 0.25) is 0 Å². The Bertz CT molecular complexity index is 647. The quantitative estimate of drug-likeness (QED) is 0.211. The van der Waals surface area contributed by atoms with Gasteiger partial charge in [-0.05, 0) is 31.5 Å². The minimum absolute atomic E-state index is 0. The molecular weight excluding hydrogens is 514 g/mol. The molecule has 10 heteroatoms. The molecule has 1 aromatic carbocycles. The number of guanidine groups is 1. The molecule has 1 atom stereocenters. The highest BCUT2D eigenvalue weighted by atomic mass is 127. The van der Waals surface area contributed by atoms with Gasteiger partial charge in [-0.25, -0.2) is 4.99 Å². The van der Waals surface area contributed by atoms with Crippen LogP contribution >= 0.6 is 24.0 Å². The number of rotatable bonds is 10. The summed E-state index contributed by atoms with van der Waals surface area (Å²) in [4.78, 5) is 6.73. The average Bonchev–Trinajstić information content (AvgIpc) is 3.16. The Hall–Kier alpha value is -1.27. The Morgan fingerprint density at radius 2 is 2.07 bits per heavy atom. The van der Waals surface area contributed by atoms with Gasteiger partial charge in [-0.15, -0.1) is 24.0 Å². The number of halogens is 4. The van der Waals surface area contributed by atoms with Crippen molar-refractivity contribution >= 4 is 29.9 Å². The van der Waals surface area contributed by atoms with Crippen molar-refractivity contribution in [3.63, 3.8) is 0 Å². The van der Waals surface area contributed by atoms with E-state index in [1.807, 2.05) is 6.92 Å². The zero-order valence-corrected chi connectivity index (χ0v) is 19.7. The molecule has 1 N–H and O–H groups in total. The lowest BCUT2D eigenvalue weighted by Crippen LogP contribution is -2.40. The van der Waals surface area contributed by atoms with Crippen LogP contribution < -0.4 is 10.1 Å². The van der Waals surface area contributed by atoms with Crippen LogP contribution in [0.15, 0.2) is 29.3 Å². The Morgan fingerprint density at radius 3 is 2.77 bits per heavy atom. The van der Waals surface area contributed by atoms with Gasteiger partial charge in [0.15, 0.2) is 5.96 Å². The predicted molar refractivity (Wildman–Crippen MR) is 121 cm³/mol. The van der Waals surface area contributed by atoms with Crippen molar-refractivity contribution in [2.24, 2.45) is 10.9 Å². The summed E-state index contributed by atoms with van der Waals surface area (Å²) in [5, 5.41) is 3.26. The summed E-state index contributed by atoms with van der Waals surface area (Å²) in [6.07, 6.45) is -3.35. The Morgan fingerprint density at radius 1 is 1.27 bits per heavy atom. The minimum Gasteiger partial charge on any atom is -0.492 e. The monoisotopic (exact) mass is 545 g/mol. The van der Waals surface area contributed by atoms with E-state index in [2.05, 4.69) is 15.2 Å². The lowest BCUT2D eigenvalue weighted by Gasteiger charge is -2.21. The Balaban J connectivity index is 0.00000450. The number of ether oxygens (including phenoxy) is 3. The molecule has 0 bridgehead atoms. The molecule has 0 spiro atoms. The number of nitrogens with zero attached hydrogens (tertiary/aromatic N) is 2. The molecule has 0 aliphatic carbocycles. The number of hydrogen-bond acceptors (Lipinski definition) is 4. The molecule has 1 saturated heterocycles. The van der Waals surface area contributed by atoms with E-state index < -0.39 is 11.7 Å². The molecule has 1 aliphatic heterocycles. The number of alkyl halides is 3. The molecule has 0 amide bonds. The third kappa shape index (κ3) is 9.25. The lowest BCUT2D eigenvalue weighted by atomic mass is 10.1. The summed E-state index contributed by atoms with van der Waals surface area (Å²) in [7, 11) is 1.65. The molecule has 1 aliphatic rings. The first-order valence-electron chi connectivity index (χ1n) is 9.84. The third-order valence-corrected chi connectivity index (χ3v) is 4.49. The highest BCUT2D eigenvalue weighted by Gasteiger charge is 2.30. The first kappa shape index (κ1) is 26.8. The maximum absolute atomic E-state index is 12.8. The smallest absolute Gasteiger partial charge is 0.416 e. The van der Waals surface area contributed by atoms with Crippen molar-refractivity contribution in [3.05, 3.63) is 29.8 Å². The van der Waals surface area contributed by atoms with Crippen LogP contribution in [-0.2, 0) is 15.7 Å².